The highest BCUT2D eigenvalue weighted by molar-refractivity contribution is 5.63. The van der Waals surface area contributed by atoms with E-state index in [0.717, 1.165) is 31.8 Å². The Balaban J connectivity index is 1.89. The highest BCUT2D eigenvalue weighted by Crippen LogP contribution is 2.40. The molecular formula is C20H24N2O. The van der Waals surface area contributed by atoms with Crippen molar-refractivity contribution in [3.05, 3.63) is 59.2 Å². The first-order valence-corrected chi connectivity index (χ1v) is 8.46. The largest absolute Gasteiger partial charge is 0.497 e. The first kappa shape index (κ1) is 14.6. The molecule has 120 valence electrons. The lowest BCUT2D eigenvalue weighted by molar-refractivity contribution is 0.333. The Morgan fingerprint density at radius 1 is 1.04 bits per heavy atom. The summed E-state index contributed by atoms with van der Waals surface area (Å²) in [5, 5.41) is 0. The third kappa shape index (κ3) is 2.59. The molecule has 4 rings (SSSR count). The number of anilines is 1. The van der Waals surface area contributed by atoms with E-state index in [1.807, 2.05) is 0 Å². The van der Waals surface area contributed by atoms with E-state index in [2.05, 4.69) is 59.3 Å². The standard InChI is InChI=1S/C20H24N2O/c1-21-10-5-11-22-19-13-17(23-2)9-8-16(19)12-15-6-3-4-7-18(15)20(22)14-21/h3-4,6-9,13,20H,5,10-12,14H2,1-2H3. The molecule has 2 heterocycles. The molecule has 2 aliphatic rings. The van der Waals surface area contributed by atoms with Crippen LogP contribution in [0.3, 0.4) is 0 Å². The van der Waals surface area contributed by atoms with Gasteiger partial charge in [0.2, 0.25) is 0 Å². The number of likely N-dealkylation sites (N-methyl/N-ethyl adjacent to an activating group) is 1. The van der Waals surface area contributed by atoms with Crippen LogP contribution in [0, 0.1) is 0 Å². The molecule has 1 saturated heterocycles. The molecule has 2 aliphatic heterocycles. The summed E-state index contributed by atoms with van der Waals surface area (Å²) in [7, 11) is 3.99. The zero-order valence-corrected chi connectivity index (χ0v) is 14.0. The second kappa shape index (κ2) is 5.89. The Morgan fingerprint density at radius 3 is 2.78 bits per heavy atom. The van der Waals surface area contributed by atoms with Gasteiger partial charge >= 0.3 is 0 Å². The van der Waals surface area contributed by atoms with Crippen LogP contribution in [0.15, 0.2) is 42.5 Å². The lowest BCUT2D eigenvalue weighted by Gasteiger charge is -2.33. The first-order valence-electron chi connectivity index (χ1n) is 8.46. The van der Waals surface area contributed by atoms with Crippen LogP contribution in [0.2, 0.25) is 0 Å². The van der Waals surface area contributed by atoms with Gasteiger partial charge < -0.3 is 14.5 Å². The number of ether oxygens (including phenoxy) is 1. The fourth-order valence-corrected chi connectivity index (χ4v) is 4.02. The zero-order chi connectivity index (χ0) is 15.8. The van der Waals surface area contributed by atoms with Gasteiger partial charge in [0.05, 0.1) is 13.2 Å². The number of fused-ring (bicyclic) bond motifs is 5. The normalized spacial score (nSPS) is 20.8. The van der Waals surface area contributed by atoms with Gasteiger partial charge in [-0.3, -0.25) is 0 Å². The van der Waals surface area contributed by atoms with Crippen molar-refractivity contribution in [3.8, 4) is 5.75 Å². The molecule has 23 heavy (non-hydrogen) atoms. The van der Waals surface area contributed by atoms with Gasteiger partial charge in [0.15, 0.2) is 0 Å². The average Bonchev–Trinajstić information content (AvgIpc) is 2.83. The number of rotatable bonds is 1. The average molecular weight is 308 g/mol. The lowest BCUT2D eigenvalue weighted by atomic mass is 9.97. The molecule has 0 saturated carbocycles. The molecule has 2 aromatic carbocycles. The minimum atomic E-state index is 0.423. The zero-order valence-electron chi connectivity index (χ0n) is 14.0. The summed E-state index contributed by atoms with van der Waals surface area (Å²) < 4.78 is 5.49. The minimum Gasteiger partial charge on any atom is -0.497 e. The maximum Gasteiger partial charge on any atom is 0.120 e. The van der Waals surface area contributed by atoms with Gasteiger partial charge in [-0.25, -0.2) is 0 Å². The smallest absolute Gasteiger partial charge is 0.120 e. The van der Waals surface area contributed by atoms with Crippen LogP contribution in [0.1, 0.15) is 29.2 Å². The monoisotopic (exact) mass is 308 g/mol. The number of nitrogens with zero attached hydrogens (tertiary/aromatic N) is 2. The van der Waals surface area contributed by atoms with Crippen LogP contribution < -0.4 is 9.64 Å². The van der Waals surface area contributed by atoms with Crippen molar-refractivity contribution in [1.29, 1.82) is 0 Å². The Bertz CT molecular complexity index is 713. The quantitative estimate of drug-likeness (QED) is 0.802. The SMILES string of the molecule is COc1ccc2c(c1)N1CCCN(C)CC1c1ccccc1C2. The minimum absolute atomic E-state index is 0.423. The number of methoxy groups -OCH3 is 1. The summed E-state index contributed by atoms with van der Waals surface area (Å²) in [5.41, 5.74) is 5.70. The van der Waals surface area contributed by atoms with Gasteiger partial charge in [-0.05, 0) is 49.2 Å². The van der Waals surface area contributed by atoms with E-state index in [4.69, 9.17) is 4.74 Å². The van der Waals surface area contributed by atoms with Crippen molar-refractivity contribution in [2.45, 2.75) is 18.9 Å². The maximum absolute atomic E-state index is 5.49. The predicted octanol–water partition coefficient (Wildman–Crippen LogP) is 3.48. The molecule has 0 amide bonds. The third-order valence-electron chi connectivity index (χ3n) is 5.20. The maximum atomic E-state index is 5.49. The van der Waals surface area contributed by atoms with Gasteiger partial charge in [0.1, 0.15) is 5.75 Å². The molecule has 0 aliphatic carbocycles. The van der Waals surface area contributed by atoms with Gasteiger partial charge in [-0.15, -0.1) is 0 Å². The van der Waals surface area contributed by atoms with E-state index >= 15 is 0 Å². The molecule has 0 aromatic heterocycles. The van der Waals surface area contributed by atoms with E-state index in [-0.39, 0.29) is 0 Å². The van der Waals surface area contributed by atoms with Crippen LogP contribution in [-0.4, -0.2) is 38.7 Å². The molecule has 0 N–H and O–H groups in total. The Kier molecular flexibility index (Phi) is 3.74. The fraction of sp³-hybridized carbons (Fsp3) is 0.400. The number of hydrogen-bond acceptors (Lipinski definition) is 3. The Labute approximate surface area is 138 Å². The summed E-state index contributed by atoms with van der Waals surface area (Å²) in [6.07, 6.45) is 2.21. The highest BCUT2D eigenvalue weighted by atomic mass is 16.5. The van der Waals surface area contributed by atoms with Gasteiger partial charge in [-0.2, -0.15) is 0 Å². The van der Waals surface area contributed by atoms with Crippen molar-refractivity contribution in [3.63, 3.8) is 0 Å². The van der Waals surface area contributed by atoms with E-state index in [0.29, 0.717) is 6.04 Å². The van der Waals surface area contributed by atoms with Crippen LogP contribution in [-0.2, 0) is 6.42 Å². The van der Waals surface area contributed by atoms with Crippen LogP contribution in [0.5, 0.6) is 5.75 Å². The molecule has 1 fully saturated rings. The molecule has 2 aromatic rings. The molecule has 3 heteroatoms. The van der Waals surface area contributed by atoms with Gasteiger partial charge in [0.25, 0.3) is 0 Å². The van der Waals surface area contributed by atoms with Gasteiger partial charge in [-0.1, -0.05) is 30.3 Å². The molecule has 1 unspecified atom stereocenters. The molecular weight excluding hydrogens is 284 g/mol. The topological polar surface area (TPSA) is 15.7 Å². The second-order valence-electron chi connectivity index (χ2n) is 6.70. The van der Waals surface area contributed by atoms with Crippen LogP contribution in [0.4, 0.5) is 5.69 Å². The van der Waals surface area contributed by atoms with Crippen molar-refractivity contribution in [2.24, 2.45) is 0 Å². The summed E-state index contributed by atoms with van der Waals surface area (Å²) >= 11 is 0. The van der Waals surface area contributed by atoms with Crippen LogP contribution in [0.25, 0.3) is 0 Å². The predicted molar refractivity (Wildman–Crippen MR) is 94.4 cm³/mol. The Morgan fingerprint density at radius 2 is 1.91 bits per heavy atom. The summed E-state index contributed by atoms with van der Waals surface area (Å²) in [6.45, 7) is 3.34. The number of benzene rings is 2. The first-order chi connectivity index (χ1) is 11.3. The molecule has 0 bridgehead atoms. The van der Waals surface area contributed by atoms with Crippen LogP contribution >= 0.6 is 0 Å². The highest BCUT2D eigenvalue weighted by Gasteiger charge is 2.31. The summed E-state index contributed by atoms with van der Waals surface area (Å²) in [5.74, 6) is 0.950. The van der Waals surface area contributed by atoms with Crippen molar-refractivity contribution in [1.82, 2.24) is 4.90 Å². The van der Waals surface area contributed by atoms with Crippen molar-refractivity contribution >= 4 is 5.69 Å². The van der Waals surface area contributed by atoms with E-state index in [9.17, 15) is 0 Å². The Hall–Kier alpha value is -2.00. The molecule has 1 atom stereocenters. The van der Waals surface area contributed by atoms with Crippen molar-refractivity contribution in [2.75, 3.05) is 38.7 Å². The molecule has 3 nitrogen and oxygen atoms in total. The third-order valence-corrected chi connectivity index (χ3v) is 5.20. The van der Waals surface area contributed by atoms with E-state index in [1.165, 1.54) is 28.8 Å². The lowest BCUT2D eigenvalue weighted by Crippen LogP contribution is -2.33. The molecule has 0 radical (unpaired) electrons. The van der Waals surface area contributed by atoms with Gasteiger partial charge in [0, 0.05) is 24.8 Å². The molecule has 0 spiro atoms. The fourth-order valence-electron chi connectivity index (χ4n) is 4.02. The summed E-state index contributed by atoms with van der Waals surface area (Å²) in [4.78, 5) is 5.07. The van der Waals surface area contributed by atoms with Crippen molar-refractivity contribution < 1.29 is 4.74 Å². The van der Waals surface area contributed by atoms with E-state index in [1.54, 1.807) is 7.11 Å². The number of hydrogen-bond donors (Lipinski definition) is 0. The van der Waals surface area contributed by atoms with E-state index < -0.39 is 0 Å². The second-order valence-corrected chi connectivity index (χ2v) is 6.70. The summed E-state index contributed by atoms with van der Waals surface area (Å²) in [6, 6.07) is 15.9.